The number of anilines is 1. The van der Waals surface area contributed by atoms with Crippen molar-refractivity contribution >= 4 is 27.5 Å². The number of nitrogens with one attached hydrogen (secondary N) is 1. The summed E-state index contributed by atoms with van der Waals surface area (Å²) in [5.74, 6) is -0.774. The molecule has 0 aliphatic heterocycles. The standard InChI is InChI=1S/C32H40FN3O5S/c1-4-5-21-34-32(38)29(23-25-14-7-6-8-15-25)35(24-26-16-9-10-17-27(26)33)31(37)20-13-22-36(42(3,39)40)28-18-11-12-19-30(28)41-2/h6-12,14-19,29H,4-5,13,20-24H2,1-3H3,(H,34,38)/t29-/m0/s1. The van der Waals surface area contributed by atoms with Gasteiger partial charge in [0.25, 0.3) is 0 Å². The molecule has 0 saturated heterocycles. The molecule has 0 aromatic heterocycles. The van der Waals surface area contributed by atoms with E-state index in [4.69, 9.17) is 4.74 Å². The SMILES string of the molecule is CCCCNC(=O)[C@H](Cc1ccccc1)N(Cc1ccccc1F)C(=O)CCCN(c1ccccc1OC)S(C)(=O)=O. The van der Waals surface area contributed by atoms with Gasteiger partial charge in [0.1, 0.15) is 17.6 Å². The van der Waals surface area contributed by atoms with Gasteiger partial charge >= 0.3 is 0 Å². The quantitative estimate of drug-likeness (QED) is 0.236. The number of sulfonamides is 1. The topological polar surface area (TPSA) is 96.0 Å². The van der Waals surface area contributed by atoms with Crippen LogP contribution in [0.1, 0.15) is 43.7 Å². The molecule has 3 aromatic rings. The van der Waals surface area contributed by atoms with E-state index in [2.05, 4.69) is 5.32 Å². The van der Waals surface area contributed by atoms with Crippen LogP contribution in [0.2, 0.25) is 0 Å². The Bertz CT molecular complexity index is 1420. The van der Waals surface area contributed by atoms with Crippen LogP contribution in [0.15, 0.2) is 78.9 Å². The predicted molar refractivity (Wildman–Crippen MR) is 163 cm³/mol. The van der Waals surface area contributed by atoms with Crippen LogP contribution in [-0.2, 0) is 32.6 Å². The Kier molecular flexibility index (Phi) is 12.3. The van der Waals surface area contributed by atoms with Crippen molar-refractivity contribution in [3.05, 3.63) is 95.8 Å². The fourth-order valence-electron chi connectivity index (χ4n) is 4.69. The average molecular weight is 598 g/mol. The van der Waals surface area contributed by atoms with Gasteiger partial charge in [0, 0.05) is 38.0 Å². The fourth-order valence-corrected chi connectivity index (χ4v) is 5.66. The number of amides is 2. The molecule has 3 aromatic carbocycles. The van der Waals surface area contributed by atoms with Crippen LogP contribution in [-0.4, -0.2) is 57.6 Å². The van der Waals surface area contributed by atoms with E-state index in [0.29, 0.717) is 18.0 Å². The summed E-state index contributed by atoms with van der Waals surface area (Å²) in [7, 11) is -2.23. The molecule has 0 saturated carbocycles. The van der Waals surface area contributed by atoms with Crippen LogP contribution < -0.4 is 14.4 Å². The first kappa shape index (κ1) is 32.6. The van der Waals surface area contributed by atoms with Crippen molar-refractivity contribution in [1.29, 1.82) is 0 Å². The highest BCUT2D eigenvalue weighted by Crippen LogP contribution is 2.30. The van der Waals surface area contributed by atoms with Crippen LogP contribution in [0.5, 0.6) is 5.75 Å². The van der Waals surface area contributed by atoms with Crippen molar-refractivity contribution in [3.8, 4) is 5.75 Å². The van der Waals surface area contributed by atoms with Crippen molar-refractivity contribution < 1.29 is 27.1 Å². The van der Waals surface area contributed by atoms with E-state index >= 15 is 0 Å². The summed E-state index contributed by atoms with van der Waals surface area (Å²) in [6, 6.07) is 21.4. The molecular weight excluding hydrogens is 557 g/mol. The highest BCUT2D eigenvalue weighted by Gasteiger charge is 2.31. The fraction of sp³-hybridized carbons (Fsp3) is 0.375. The van der Waals surface area contributed by atoms with Gasteiger partial charge in [-0.15, -0.1) is 0 Å². The first-order valence-corrected chi connectivity index (χ1v) is 16.0. The number of rotatable bonds is 16. The van der Waals surface area contributed by atoms with Crippen molar-refractivity contribution in [1.82, 2.24) is 10.2 Å². The summed E-state index contributed by atoms with van der Waals surface area (Å²) in [6.45, 7) is 2.40. The number of nitrogens with zero attached hydrogens (tertiary/aromatic N) is 2. The Morgan fingerprint density at radius 3 is 2.29 bits per heavy atom. The Morgan fingerprint density at radius 1 is 0.952 bits per heavy atom. The molecule has 0 bridgehead atoms. The van der Waals surface area contributed by atoms with E-state index in [1.54, 1.807) is 42.5 Å². The van der Waals surface area contributed by atoms with E-state index in [1.165, 1.54) is 22.4 Å². The average Bonchev–Trinajstić information content (AvgIpc) is 2.98. The Morgan fingerprint density at radius 2 is 1.62 bits per heavy atom. The molecule has 0 fully saturated rings. The molecule has 0 radical (unpaired) electrons. The number of benzene rings is 3. The molecule has 42 heavy (non-hydrogen) atoms. The Balaban J connectivity index is 1.89. The number of carbonyl (C=O) groups is 2. The molecule has 1 N–H and O–H groups in total. The minimum absolute atomic E-state index is 0.0184. The molecule has 1 atom stereocenters. The maximum atomic E-state index is 14.8. The van der Waals surface area contributed by atoms with Gasteiger partial charge in [0.15, 0.2) is 0 Å². The maximum absolute atomic E-state index is 14.8. The summed E-state index contributed by atoms with van der Waals surface area (Å²) in [5.41, 5.74) is 1.52. The zero-order valence-electron chi connectivity index (χ0n) is 24.5. The molecule has 8 nitrogen and oxygen atoms in total. The zero-order chi connectivity index (χ0) is 30.5. The highest BCUT2D eigenvalue weighted by molar-refractivity contribution is 7.92. The molecule has 0 spiro atoms. The van der Waals surface area contributed by atoms with Crippen molar-refractivity contribution in [3.63, 3.8) is 0 Å². The highest BCUT2D eigenvalue weighted by atomic mass is 32.2. The van der Waals surface area contributed by atoms with Crippen LogP contribution >= 0.6 is 0 Å². The lowest BCUT2D eigenvalue weighted by molar-refractivity contribution is -0.141. The number of carbonyl (C=O) groups excluding carboxylic acids is 2. The van der Waals surface area contributed by atoms with Gasteiger partial charge in [-0.25, -0.2) is 12.8 Å². The molecule has 0 heterocycles. The van der Waals surface area contributed by atoms with Crippen molar-refractivity contribution in [2.75, 3.05) is 30.8 Å². The molecule has 2 amide bonds. The van der Waals surface area contributed by atoms with Crippen LogP contribution in [0.3, 0.4) is 0 Å². The third-order valence-corrected chi connectivity index (χ3v) is 8.09. The first-order valence-electron chi connectivity index (χ1n) is 14.1. The van der Waals surface area contributed by atoms with Gasteiger partial charge in [-0.2, -0.15) is 0 Å². The predicted octanol–water partition coefficient (Wildman–Crippen LogP) is 4.94. The molecular formula is C32H40FN3O5S. The van der Waals surface area contributed by atoms with Crippen LogP contribution in [0.25, 0.3) is 0 Å². The largest absolute Gasteiger partial charge is 0.495 e. The second-order valence-corrected chi connectivity index (χ2v) is 12.0. The maximum Gasteiger partial charge on any atom is 0.243 e. The molecule has 10 heteroatoms. The zero-order valence-corrected chi connectivity index (χ0v) is 25.3. The summed E-state index contributed by atoms with van der Waals surface area (Å²) >= 11 is 0. The number of hydrogen-bond acceptors (Lipinski definition) is 5. The number of unbranched alkanes of at least 4 members (excludes halogenated alkanes) is 1. The minimum Gasteiger partial charge on any atom is -0.495 e. The van der Waals surface area contributed by atoms with Gasteiger partial charge in [0.05, 0.1) is 19.1 Å². The van der Waals surface area contributed by atoms with Crippen molar-refractivity contribution in [2.24, 2.45) is 0 Å². The van der Waals surface area contributed by atoms with Gasteiger partial charge in [-0.05, 0) is 36.6 Å². The summed E-state index contributed by atoms with van der Waals surface area (Å²) in [6.07, 6.45) is 3.15. The first-order chi connectivity index (χ1) is 20.2. The molecule has 0 aliphatic rings. The minimum atomic E-state index is -3.69. The lowest BCUT2D eigenvalue weighted by atomic mass is 10.0. The molecule has 226 valence electrons. The normalized spacial score (nSPS) is 11.9. The number of ether oxygens (including phenoxy) is 1. The van der Waals surface area contributed by atoms with Gasteiger partial charge in [0.2, 0.25) is 21.8 Å². The van der Waals surface area contributed by atoms with Gasteiger partial charge in [-0.1, -0.05) is 74.0 Å². The lowest BCUT2D eigenvalue weighted by Gasteiger charge is -2.32. The van der Waals surface area contributed by atoms with E-state index in [0.717, 1.165) is 24.7 Å². The monoisotopic (exact) mass is 597 g/mol. The number of hydrogen-bond donors (Lipinski definition) is 1. The van der Waals surface area contributed by atoms with Gasteiger partial charge in [-0.3, -0.25) is 13.9 Å². The van der Waals surface area contributed by atoms with E-state index in [9.17, 15) is 22.4 Å². The third kappa shape index (κ3) is 9.30. The Hall–Kier alpha value is -3.92. The van der Waals surface area contributed by atoms with E-state index in [1.807, 2.05) is 37.3 Å². The summed E-state index contributed by atoms with van der Waals surface area (Å²) in [4.78, 5) is 28.8. The number of halogens is 1. The van der Waals surface area contributed by atoms with Crippen LogP contribution in [0.4, 0.5) is 10.1 Å². The van der Waals surface area contributed by atoms with Crippen LogP contribution in [0, 0.1) is 5.82 Å². The second kappa shape index (κ2) is 15.9. The smallest absolute Gasteiger partial charge is 0.243 e. The second-order valence-electron chi connectivity index (χ2n) is 10.1. The molecule has 0 unspecified atom stereocenters. The third-order valence-electron chi connectivity index (χ3n) is 6.91. The van der Waals surface area contributed by atoms with E-state index in [-0.39, 0.29) is 49.7 Å². The van der Waals surface area contributed by atoms with Gasteiger partial charge < -0.3 is 15.0 Å². The van der Waals surface area contributed by atoms with E-state index < -0.39 is 21.9 Å². The number of methoxy groups -OCH3 is 1. The molecule has 3 rings (SSSR count). The molecule has 0 aliphatic carbocycles. The summed E-state index contributed by atoms with van der Waals surface area (Å²) in [5, 5.41) is 2.94. The number of para-hydroxylation sites is 2. The Labute approximate surface area is 248 Å². The van der Waals surface area contributed by atoms with Crippen molar-refractivity contribution in [2.45, 2.75) is 51.6 Å². The summed E-state index contributed by atoms with van der Waals surface area (Å²) < 4.78 is 46.7. The lowest BCUT2D eigenvalue weighted by Crippen LogP contribution is -2.50.